The van der Waals surface area contributed by atoms with Crippen LogP contribution in [0.2, 0.25) is 5.02 Å². The Labute approximate surface area is 133 Å². The topological polar surface area (TPSA) is 64.6 Å². The van der Waals surface area contributed by atoms with Crippen LogP contribution in [0.25, 0.3) is 0 Å². The first-order valence-electron chi connectivity index (χ1n) is 6.73. The number of anilines is 1. The van der Waals surface area contributed by atoms with E-state index in [4.69, 9.17) is 21.1 Å². The number of rotatable bonds is 3. The van der Waals surface area contributed by atoms with Crippen LogP contribution in [0.4, 0.5) is 5.69 Å². The highest BCUT2D eigenvalue weighted by molar-refractivity contribution is 7.92. The third-order valence-corrected chi connectivity index (χ3v) is 4.72. The molecular formula is C15H14ClNO4S. The van der Waals surface area contributed by atoms with Crippen molar-refractivity contribution in [3.63, 3.8) is 0 Å². The molecule has 0 atom stereocenters. The summed E-state index contributed by atoms with van der Waals surface area (Å²) >= 11 is 5.86. The molecule has 0 amide bonds. The first kappa shape index (κ1) is 15.0. The molecule has 1 heterocycles. The first-order chi connectivity index (χ1) is 10.5. The predicted octanol–water partition coefficient (Wildman–Crippen LogP) is 3.30. The molecule has 3 rings (SSSR count). The first-order valence-corrected chi connectivity index (χ1v) is 8.59. The third-order valence-electron chi connectivity index (χ3n) is 3.11. The van der Waals surface area contributed by atoms with E-state index in [1.54, 1.807) is 30.3 Å². The molecule has 0 saturated heterocycles. The van der Waals surface area contributed by atoms with Crippen LogP contribution in [0.5, 0.6) is 11.5 Å². The summed E-state index contributed by atoms with van der Waals surface area (Å²) in [6, 6.07) is 11.1. The third kappa shape index (κ3) is 3.28. The summed E-state index contributed by atoms with van der Waals surface area (Å²) in [7, 11) is -3.72. The van der Waals surface area contributed by atoms with Crippen LogP contribution < -0.4 is 14.2 Å². The molecule has 0 bridgehead atoms. The van der Waals surface area contributed by atoms with Gasteiger partial charge in [-0.15, -0.1) is 0 Å². The highest BCUT2D eigenvalue weighted by atomic mass is 35.5. The van der Waals surface area contributed by atoms with E-state index in [9.17, 15) is 8.42 Å². The molecule has 2 aromatic rings. The van der Waals surface area contributed by atoms with Crippen molar-refractivity contribution >= 4 is 27.3 Å². The van der Waals surface area contributed by atoms with E-state index >= 15 is 0 Å². The van der Waals surface area contributed by atoms with Gasteiger partial charge in [-0.25, -0.2) is 8.42 Å². The van der Waals surface area contributed by atoms with E-state index in [0.717, 1.165) is 6.42 Å². The number of fused-ring (bicyclic) bond motifs is 1. The molecule has 0 spiro atoms. The van der Waals surface area contributed by atoms with Gasteiger partial charge >= 0.3 is 0 Å². The summed E-state index contributed by atoms with van der Waals surface area (Å²) in [5.74, 6) is 0.991. The normalized spacial score (nSPS) is 14.2. The minimum Gasteiger partial charge on any atom is -0.490 e. The number of nitrogens with one attached hydrogen (secondary N) is 1. The Kier molecular flexibility index (Phi) is 4.13. The molecule has 7 heteroatoms. The average Bonchev–Trinajstić information content (AvgIpc) is 2.71. The van der Waals surface area contributed by atoms with Crippen molar-refractivity contribution in [3.05, 3.63) is 47.5 Å². The van der Waals surface area contributed by atoms with Gasteiger partial charge in [0.05, 0.1) is 23.8 Å². The fraction of sp³-hybridized carbons (Fsp3) is 0.200. The Bertz CT molecular complexity index is 792. The molecule has 0 aliphatic carbocycles. The van der Waals surface area contributed by atoms with Gasteiger partial charge in [0.2, 0.25) is 0 Å². The lowest BCUT2D eigenvalue weighted by Crippen LogP contribution is -2.13. The molecule has 22 heavy (non-hydrogen) atoms. The van der Waals surface area contributed by atoms with E-state index in [1.165, 1.54) is 12.1 Å². The predicted molar refractivity (Wildman–Crippen MR) is 84.3 cm³/mol. The average molecular weight is 340 g/mol. The van der Waals surface area contributed by atoms with Gasteiger partial charge in [0, 0.05) is 17.5 Å². The molecule has 0 radical (unpaired) electrons. The van der Waals surface area contributed by atoms with Crippen LogP contribution in [-0.2, 0) is 10.0 Å². The largest absolute Gasteiger partial charge is 0.490 e. The second-order valence-electron chi connectivity index (χ2n) is 4.77. The van der Waals surface area contributed by atoms with Gasteiger partial charge in [0.25, 0.3) is 10.0 Å². The zero-order valence-corrected chi connectivity index (χ0v) is 13.2. The highest BCUT2D eigenvalue weighted by Gasteiger charge is 2.19. The smallest absolute Gasteiger partial charge is 0.262 e. The van der Waals surface area contributed by atoms with Crippen molar-refractivity contribution in [3.8, 4) is 11.5 Å². The Morgan fingerprint density at radius 2 is 1.77 bits per heavy atom. The van der Waals surface area contributed by atoms with Crippen LogP contribution in [0.3, 0.4) is 0 Å². The number of halogens is 1. The van der Waals surface area contributed by atoms with E-state index in [2.05, 4.69) is 4.72 Å². The monoisotopic (exact) mass is 339 g/mol. The lowest BCUT2D eigenvalue weighted by Gasteiger charge is -2.11. The van der Waals surface area contributed by atoms with Crippen molar-refractivity contribution < 1.29 is 17.9 Å². The Balaban J connectivity index is 1.90. The number of hydrogen-bond donors (Lipinski definition) is 1. The maximum atomic E-state index is 12.4. The quantitative estimate of drug-likeness (QED) is 0.931. The molecule has 116 valence electrons. The molecule has 5 nitrogen and oxygen atoms in total. The second kappa shape index (κ2) is 6.06. The molecule has 1 N–H and O–H groups in total. The second-order valence-corrected chi connectivity index (χ2v) is 6.89. The van der Waals surface area contributed by atoms with Crippen LogP contribution in [0.15, 0.2) is 47.4 Å². The minimum absolute atomic E-state index is 0.108. The van der Waals surface area contributed by atoms with Gasteiger partial charge in [0.1, 0.15) is 0 Å². The summed E-state index contributed by atoms with van der Waals surface area (Å²) in [6.45, 7) is 1.05. The van der Waals surface area contributed by atoms with Gasteiger partial charge in [0.15, 0.2) is 11.5 Å². The van der Waals surface area contributed by atoms with Gasteiger partial charge in [-0.1, -0.05) is 17.7 Å². The molecule has 1 aliphatic heterocycles. The summed E-state index contributed by atoms with van der Waals surface area (Å²) in [6.07, 6.45) is 0.761. The van der Waals surface area contributed by atoms with Crippen molar-refractivity contribution in [1.29, 1.82) is 0 Å². The fourth-order valence-corrected chi connectivity index (χ4v) is 3.33. The van der Waals surface area contributed by atoms with Gasteiger partial charge < -0.3 is 9.47 Å². The Morgan fingerprint density at radius 3 is 2.55 bits per heavy atom. The summed E-state index contributed by atoms with van der Waals surface area (Å²) in [4.78, 5) is 0.108. The summed E-state index contributed by atoms with van der Waals surface area (Å²) in [5, 5.41) is 0.457. The van der Waals surface area contributed by atoms with Crippen LogP contribution >= 0.6 is 11.6 Å². The van der Waals surface area contributed by atoms with Gasteiger partial charge in [-0.05, 0) is 30.3 Å². The van der Waals surface area contributed by atoms with E-state index in [-0.39, 0.29) is 4.90 Å². The van der Waals surface area contributed by atoms with Crippen LogP contribution in [0, 0.1) is 0 Å². The number of sulfonamides is 1. The van der Waals surface area contributed by atoms with Crippen molar-refractivity contribution in [2.75, 3.05) is 17.9 Å². The van der Waals surface area contributed by atoms with E-state index in [0.29, 0.717) is 35.4 Å². The zero-order chi connectivity index (χ0) is 15.6. The van der Waals surface area contributed by atoms with Crippen molar-refractivity contribution in [2.24, 2.45) is 0 Å². The zero-order valence-electron chi connectivity index (χ0n) is 11.6. The minimum atomic E-state index is -3.72. The summed E-state index contributed by atoms with van der Waals surface area (Å²) < 4.78 is 38.4. The fourth-order valence-electron chi connectivity index (χ4n) is 2.08. The van der Waals surface area contributed by atoms with Crippen LogP contribution in [-0.4, -0.2) is 21.6 Å². The standard InChI is InChI=1S/C15H14ClNO4S/c16-11-3-1-4-12(9-11)17-22(18,19)13-5-6-14-15(10-13)21-8-2-7-20-14/h1,3-6,9-10,17H,2,7-8H2. The maximum Gasteiger partial charge on any atom is 0.262 e. The maximum absolute atomic E-state index is 12.4. The lowest BCUT2D eigenvalue weighted by atomic mass is 10.3. The van der Waals surface area contributed by atoms with Crippen molar-refractivity contribution in [1.82, 2.24) is 0 Å². The molecule has 0 aromatic heterocycles. The molecule has 0 unspecified atom stereocenters. The van der Waals surface area contributed by atoms with Crippen LogP contribution in [0.1, 0.15) is 6.42 Å². The highest BCUT2D eigenvalue weighted by Crippen LogP contribution is 2.32. The van der Waals surface area contributed by atoms with Crippen molar-refractivity contribution in [2.45, 2.75) is 11.3 Å². The Morgan fingerprint density at radius 1 is 1.00 bits per heavy atom. The SMILES string of the molecule is O=S(=O)(Nc1cccc(Cl)c1)c1ccc2c(c1)OCCCO2. The van der Waals surface area contributed by atoms with E-state index in [1.807, 2.05) is 0 Å². The lowest BCUT2D eigenvalue weighted by molar-refractivity contribution is 0.297. The Hall–Kier alpha value is -1.92. The molecule has 2 aromatic carbocycles. The molecule has 1 aliphatic rings. The number of benzene rings is 2. The van der Waals surface area contributed by atoms with Gasteiger partial charge in [-0.3, -0.25) is 4.72 Å². The van der Waals surface area contributed by atoms with Gasteiger partial charge in [-0.2, -0.15) is 0 Å². The number of ether oxygens (including phenoxy) is 2. The summed E-state index contributed by atoms with van der Waals surface area (Å²) in [5.41, 5.74) is 0.402. The molecule has 0 fully saturated rings. The molecular weight excluding hydrogens is 326 g/mol. The van der Waals surface area contributed by atoms with E-state index < -0.39 is 10.0 Å². The molecule has 0 saturated carbocycles. The number of hydrogen-bond acceptors (Lipinski definition) is 4.